The highest BCUT2D eigenvalue weighted by molar-refractivity contribution is 5.29. The summed E-state index contributed by atoms with van der Waals surface area (Å²) in [6.07, 6.45) is -0.981. The lowest BCUT2D eigenvalue weighted by atomic mass is 10.00. The van der Waals surface area contributed by atoms with Gasteiger partial charge in [-0.3, -0.25) is 0 Å². The first-order chi connectivity index (χ1) is 9.79. The van der Waals surface area contributed by atoms with Crippen LogP contribution in [0, 0.1) is 6.92 Å². The largest absolute Gasteiger partial charge is 0.394 e. The SMILES string of the molecule is Cc1ccccc1[C@@H]1OC(c2ccccc2)O[C@H]1CO. The summed E-state index contributed by atoms with van der Waals surface area (Å²) in [6, 6.07) is 17.9. The Morgan fingerprint density at radius 2 is 1.65 bits per heavy atom. The molecule has 0 bridgehead atoms. The van der Waals surface area contributed by atoms with Crippen molar-refractivity contribution in [1.29, 1.82) is 0 Å². The van der Waals surface area contributed by atoms with Gasteiger partial charge in [-0.25, -0.2) is 0 Å². The molecule has 1 fully saturated rings. The molecule has 0 spiro atoms. The van der Waals surface area contributed by atoms with Gasteiger partial charge in [0.25, 0.3) is 0 Å². The maximum Gasteiger partial charge on any atom is 0.185 e. The fourth-order valence-electron chi connectivity index (χ4n) is 2.57. The van der Waals surface area contributed by atoms with Crippen LogP contribution < -0.4 is 0 Å². The molecule has 104 valence electrons. The van der Waals surface area contributed by atoms with Gasteiger partial charge in [0, 0.05) is 5.56 Å². The van der Waals surface area contributed by atoms with E-state index in [4.69, 9.17) is 9.47 Å². The maximum absolute atomic E-state index is 9.55. The summed E-state index contributed by atoms with van der Waals surface area (Å²) in [5, 5.41) is 9.55. The zero-order chi connectivity index (χ0) is 13.9. The van der Waals surface area contributed by atoms with Gasteiger partial charge in [0.2, 0.25) is 0 Å². The topological polar surface area (TPSA) is 38.7 Å². The third-order valence-corrected chi connectivity index (χ3v) is 3.65. The van der Waals surface area contributed by atoms with Crippen LogP contribution in [-0.2, 0) is 9.47 Å². The highest BCUT2D eigenvalue weighted by Crippen LogP contribution is 2.40. The van der Waals surface area contributed by atoms with Crippen molar-refractivity contribution < 1.29 is 14.6 Å². The lowest BCUT2D eigenvalue weighted by molar-refractivity contribution is -0.0739. The van der Waals surface area contributed by atoms with E-state index < -0.39 is 6.29 Å². The van der Waals surface area contributed by atoms with Crippen LogP contribution in [0.3, 0.4) is 0 Å². The van der Waals surface area contributed by atoms with Gasteiger partial charge >= 0.3 is 0 Å². The molecule has 0 aliphatic carbocycles. The summed E-state index contributed by atoms with van der Waals surface area (Å²) in [5.74, 6) is 0. The lowest BCUT2D eigenvalue weighted by Gasteiger charge is -2.16. The van der Waals surface area contributed by atoms with Gasteiger partial charge in [0.05, 0.1) is 6.61 Å². The Hall–Kier alpha value is -1.68. The molecule has 2 aromatic rings. The third-order valence-electron chi connectivity index (χ3n) is 3.65. The van der Waals surface area contributed by atoms with E-state index in [-0.39, 0.29) is 18.8 Å². The predicted octanol–water partition coefficient (Wildman–Crippen LogP) is 3.14. The molecule has 0 aromatic heterocycles. The number of aliphatic hydroxyl groups excluding tert-OH is 1. The van der Waals surface area contributed by atoms with Crippen molar-refractivity contribution in [3.05, 3.63) is 71.3 Å². The number of hydrogen-bond acceptors (Lipinski definition) is 3. The van der Waals surface area contributed by atoms with Gasteiger partial charge in [0.15, 0.2) is 6.29 Å². The molecule has 3 nitrogen and oxygen atoms in total. The van der Waals surface area contributed by atoms with Gasteiger partial charge in [-0.2, -0.15) is 0 Å². The smallest absolute Gasteiger partial charge is 0.185 e. The minimum absolute atomic E-state index is 0.0532. The van der Waals surface area contributed by atoms with Crippen LogP contribution in [0.2, 0.25) is 0 Å². The van der Waals surface area contributed by atoms with Crippen molar-refractivity contribution >= 4 is 0 Å². The Labute approximate surface area is 118 Å². The second kappa shape index (κ2) is 5.75. The molecule has 1 saturated heterocycles. The second-order valence-electron chi connectivity index (χ2n) is 5.01. The van der Waals surface area contributed by atoms with Gasteiger partial charge in [0.1, 0.15) is 12.2 Å². The molecular weight excluding hydrogens is 252 g/mol. The Morgan fingerprint density at radius 1 is 0.950 bits per heavy atom. The average Bonchev–Trinajstić information content (AvgIpc) is 2.93. The molecule has 1 unspecified atom stereocenters. The summed E-state index contributed by atoms with van der Waals surface area (Å²) >= 11 is 0. The van der Waals surface area contributed by atoms with Crippen molar-refractivity contribution in [2.24, 2.45) is 0 Å². The van der Waals surface area contributed by atoms with Gasteiger partial charge < -0.3 is 14.6 Å². The van der Waals surface area contributed by atoms with Crippen LogP contribution >= 0.6 is 0 Å². The number of aryl methyl sites for hydroxylation is 1. The fourth-order valence-corrected chi connectivity index (χ4v) is 2.57. The molecule has 3 heteroatoms. The zero-order valence-electron chi connectivity index (χ0n) is 11.4. The summed E-state index contributed by atoms with van der Waals surface area (Å²) in [7, 11) is 0. The maximum atomic E-state index is 9.55. The normalized spacial score (nSPS) is 25.8. The molecule has 2 aromatic carbocycles. The molecule has 3 atom stereocenters. The number of benzene rings is 2. The van der Waals surface area contributed by atoms with Crippen molar-refractivity contribution in [2.75, 3.05) is 6.61 Å². The highest BCUT2D eigenvalue weighted by atomic mass is 16.7. The summed E-state index contributed by atoms with van der Waals surface area (Å²) in [4.78, 5) is 0. The molecule has 3 rings (SSSR count). The molecule has 0 radical (unpaired) electrons. The number of aliphatic hydroxyl groups is 1. The van der Waals surface area contributed by atoms with E-state index in [2.05, 4.69) is 0 Å². The first-order valence-electron chi connectivity index (χ1n) is 6.82. The van der Waals surface area contributed by atoms with Gasteiger partial charge in [-0.05, 0) is 18.1 Å². The predicted molar refractivity (Wildman–Crippen MR) is 76.1 cm³/mol. The van der Waals surface area contributed by atoms with E-state index >= 15 is 0 Å². The van der Waals surface area contributed by atoms with E-state index in [0.29, 0.717) is 0 Å². The van der Waals surface area contributed by atoms with Crippen LogP contribution in [0.4, 0.5) is 0 Å². The zero-order valence-corrected chi connectivity index (χ0v) is 11.4. The Morgan fingerprint density at radius 3 is 2.35 bits per heavy atom. The second-order valence-corrected chi connectivity index (χ2v) is 5.01. The van der Waals surface area contributed by atoms with Crippen molar-refractivity contribution in [2.45, 2.75) is 25.4 Å². The number of hydrogen-bond donors (Lipinski definition) is 1. The molecule has 0 amide bonds. The Kier molecular flexibility index (Phi) is 3.83. The fraction of sp³-hybridized carbons (Fsp3) is 0.294. The summed E-state index contributed by atoms with van der Waals surface area (Å²) in [5.41, 5.74) is 3.19. The van der Waals surface area contributed by atoms with Crippen LogP contribution in [0.15, 0.2) is 54.6 Å². The third kappa shape index (κ3) is 2.48. The first kappa shape index (κ1) is 13.3. The monoisotopic (exact) mass is 270 g/mol. The van der Waals surface area contributed by atoms with E-state index in [1.54, 1.807) is 0 Å². The Balaban J connectivity index is 1.87. The number of rotatable bonds is 3. The minimum atomic E-state index is -0.419. The molecule has 1 heterocycles. The minimum Gasteiger partial charge on any atom is -0.394 e. The van der Waals surface area contributed by atoms with E-state index in [1.807, 2.05) is 61.5 Å². The molecule has 1 aliphatic heterocycles. The van der Waals surface area contributed by atoms with Gasteiger partial charge in [-0.15, -0.1) is 0 Å². The molecule has 20 heavy (non-hydrogen) atoms. The molecule has 1 N–H and O–H groups in total. The van der Waals surface area contributed by atoms with E-state index in [9.17, 15) is 5.11 Å². The quantitative estimate of drug-likeness (QED) is 0.931. The van der Waals surface area contributed by atoms with E-state index in [1.165, 1.54) is 0 Å². The number of ether oxygens (including phenoxy) is 2. The summed E-state index contributed by atoms with van der Waals surface area (Å²) in [6.45, 7) is 1.99. The standard InChI is InChI=1S/C17H18O3/c1-12-7-5-6-10-14(12)16-15(11-18)19-17(20-16)13-8-3-2-4-9-13/h2-10,15-18H,11H2,1H3/t15-,16-,17?/m0/s1. The highest BCUT2D eigenvalue weighted by Gasteiger charge is 2.37. The average molecular weight is 270 g/mol. The van der Waals surface area contributed by atoms with Crippen LogP contribution in [0.5, 0.6) is 0 Å². The van der Waals surface area contributed by atoms with Crippen molar-refractivity contribution in [3.63, 3.8) is 0 Å². The molecular formula is C17H18O3. The van der Waals surface area contributed by atoms with Crippen LogP contribution in [0.25, 0.3) is 0 Å². The van der Waals surface area contributed by atoms with Crippen molar-refractivity contribution in [1.82, 2.24) is 0 Å². The first-order valence-corrected chi connectivity index (χ1v) is 6.82. The Bertz CT molecular complexity index is 567. The van der Waals surface area contributed by atoms with Gasteiger partial charge in [-0.1, -0.05) is 54.6 Å². The van der Waals surface area contributed by atoms with Crippen molar-refractivity contribution in [3.8, 4) is 0 Å². The molecule has 1 aliphatic rings. The van der Waals surface area contributed by atoms with Crippen LogP contribution in [-0.4, -0.2) is 17.8 Å². The molecule has 0 saturated carbocycles. The lowest BCUT2D eigenvalue weighted by Crippen LogP contribution is -2.20. The van der Waals surface area contributed by atoms with Crippen LogP contribution in [0.1, 0.15) is 29.1 Å². The van der Waals surface area contributed by atoms with E-state index in [0.717, 1.165) is 16.7 Å². The summed E-state index contributed by atoms with van der Waals surface area (Å²) < 4.78 is 11.9.